The molecule has 0 saturated carbocycles. The molecule has 102 valence electrons. The Morgan fingerprint density at radius 3 is 1.06 bits per heavy atom. The normalized spacial score (nSPS) is 10.8. The van der Waals surface area contributed by atoms with Crippen LogP contribution in [0, 0.1) is 0 Å². The monoisotopic (exact) mass is 249 g/mol. The number of hydrogen-bond donors (Lipinski definition) is 3. The molecule has 0 aromatic heterocycles. The van der Waals surface area contributed by atoms with E-state index in [0.717, 1.165) is 58.2 Å². The van der Waals surface area contributed by atoms with Crippen molar-refractivity contribution < 1.29 is 0 Å². The van der Waals surface area contributed by atoms with E-state index in [1.807, 2.05) is 0 Å². The smallest absolute Gasteiger partial charge is 0.00741 e. The van der Waals surface area contributed by atoms with Gasteiger partial charge in [-0.25, -0.2) is 0 Å². The first-order chi connectivity index (χ1) is 8.80. The topological polar surface area (TPSA) is 78.1 Å². The van der Waals surface area contributed by atoms with Gasteiger partial charge in [-0.05, 0) is 74.8 Å². The summed E-state index contributed by atoms with van der Waals surface area (Å²) in [5.41, 5.74) is 21.0. The lowest BCUT2D eigenvalue weighted by Crippen LogP contribution is -2.04. The van der Waals surface area contributed by atoms with Crippen molar-refractivity contribution in [3.8, 4) is 0 Å². The van der Waals surface area contributed by atoms with Crippen LogP contribution in [0.5, 0.6) is 0 Å². The van der Waals surface area contributed by atoms with Crippen molar-refractivity contribution in [2.45, 2.75) is 38.5 Å². The van der Waals surface area contributed by atoms with Crippen molar-refractivity contribution >= 4 is 0 Å². The van der Waals surface area contributed by atoms with Crippen LogP contribution in [0.2, 0.25) is 0 Å². The summed E-state index contributed by atoms with van der Waals surface area (Å²) in [5.74, 6) is 0. The van der Waals surface area contributed by atoms with Crippen LogP contribution in [0.4, 0.5) is 0 Å². The number of benzene rings is 1. The standard InChI is InChI=1S/C15H27N3/c16-7-1-4-13-10-14(5-2-8-17)12-15(11-13)6-3-9-18/h10-12H,1-9,16-18H2. The molecule has 0 bridgehead atoms. The Kier molecular flexibility index (Phi) is 7.65. The number of rotatable bonds is 9. The molecule has 3 nitrogen and oxygen atoms in total. The Morgan fingerprint density at radius 2 is 0.833 bits per heavy atom. The minimum Gasteiger partial charge on any atom is -0.330 e. The van der Waals surface area contributed by atoms with E-state index < -0.39 is 0 Å². The number of nitrogens with two attached hydrogens (primary N) is 3. The van der Waals surface area contributed by atoms with E-state index in [2.05, 4.69) is 18.2 Å². The number of aryl methyl sites for hydroxylation is 3. The zero-order valence-corrected chi connectivity index (χ0v) is 11.3. The second-order valence-electron chi connectivity index (χ2n) is 4.83. The van der Waals surface area contributed by atoms with E-state index in [-0.39, 0.29) is 0 Å². The summed E-state index contributed by atoms with van der Waals surface area (Å²) in [6, 6.07) is 6.91. The van der Waals surface area contributed by atoms with Gasteiger partial charge in [0.25, 0.3) is 0 Å². The third kappa shape index (κ3) is 5.63. The summed E-state index contributed by atoms with van der Waals surface area (Å²) in [7, 11) is 0. The van der Waals surface area contributed by atoms with Crippen LogP contribution in [0.15, 0.2) is 18.2 Å². The molecule has 0 unspecified atom stereocenters. The van der Waals surface area contributed by atoms with Crippen molar-refractivity contribution in [1.82, 2.24) is 0 Å². The lowest BCUT2D eigenvalue weighted by atomic mass is 9.97. The minimum atomic E-state index is 0.755. The predicted octanol–water partition coefficient (Wildman–Crippen LogP) is 1.36. The van der Waals surface area contributed by atoms with Crippen LogP contribution in [0.1, 0.15) is 36.0 Å². The molecular weight excluding hydrogens is 222 g/mol. The fourth-order valence-electron chi connectivity index (χ4n) is 2.19. The molecule has 0 spiro atoms. The molecule has 0 aliphatic carbocycles. The largest absolute Gasteiger partial charge is 0.330 e. The van der Waals surface area contributed by atoms with Crippen molar-refractivity contribution in [2.24, 2.45) is 17.2 Å². The zero-order valence-electron chi connectivity index (χ0n) is 11.3. The van der Waals surface area contributed by atoms with Crippen molar-refractivity contribution in [3.05, 3.63) is 34.9 Å². The molecule has 0 fully saturated rings. The van der Waals surface area contributed by atoms with Crippen molar-refractivity contribution in [3.63, 3.8) is 0 Å². The molecule has 6 N–H and O–H groups in total. The van der Waals surface area contributed by atoms with E-state index in [1.165, 1.54) is 16.7 Å². The fourth-order valence-corrected chi connectivity index (χ4v) is 2.19. The lowest BCUT2D eigenvalue weighted by Gasteiger charge is -2.09. The molecule has 0 aliphatic heterocycles. The van der Waals surface area contributed by atoms with Gasteiger partial charge in [-0.2, -0.15) is 0 Å². The first kappa shape index (κ1) is 15.2. The van der Waals surface area contributed by atoms with E-state index in [9.17, 15) is 0 Å². The predicted molar refractivity (Wildman–Crippen MR) is 78.6 cm³/mol. The second kappa shape index (κ2) is 9.09. The van der Waals surface area contributed by atoms with Crippen LogP contribution < -0.4 is 17.2 Å². The van der Waals surface area contributed by atoms with Crippen LogP contribution >= 0.6 is 0 Å². The van der Waals surface area contributed by atoms with Crippen LogP contribution in [0.3, 0.4) is 0 Å². The van der Waals surface area contributed by atoms with Gasteiger partial charge in [0.15, 0.2) is 0 Å². The van der Waals surface area contributed by atoms with E-state index in [1.54, 1.807) is 0 Å². The maximum Gasteiger partial charge on any atom is -0.00741 e. The summed E-state index contributed by atoms with van der Waals surface area (Å²) < 4.78 is 0. The highest BCUT2D eigenvalue weighted by atomic mass is 14.5. The van der Waals surface area contributed by atoms with E-state index in [0.29, 0.717) is 0 Å². The molecule has 1 aromatic carbocycles. The molecule has 1 rings (SSSR count). The molecule has 0 amide bonds. The molecule has 0 aliphatic rings. The van der Waals surface area contributed by atoms with E-state index in [4.69, 9.17) is 17.2 Å². The van der Waals surface area contributed by atoms with Gasteiger partial charge in [0.05, 0.1) is 0 Å². The van der Waals surface area contributed by atoms with Crippen LogP contribution in [-0.4, -0.2) is 19.6 Å². The summed E-state index contributed by atoms with van der Waals surface area (Å²) in [5, 5.41) is 0. The summed E-state index contributed by atoms with van der Waals surface area (Å²) >= 11 is 0. The highest BCUT2D eigenvalue weighted by molar-refractivity contribution is 5.30. The molecule has 3 heteroatoms. The molecule has 0 radical (unpaired) electrons. The Bertz CT molecular complexity index is 272. The summed E-state index contributed by atoms with van der Waals surface area (Å²) in [6.07, 6.45) is 6.37. The Morgan fingerprint density at radius 1 is 0.556 bits per heavy atom. The first-order valence-corrected chi connectivity index (χ1v) is 7.02. The third-order valence-electron chi connectivity index (χ3n) is 3.12. The minimum absolute atomic E-state index is 0.755. The average molecular weight is 249 g/mol. The quantitative estimate of drug-likeness (QED) is 0.618. The summed E-state index contributed by atoms with van der Waals surface area (Å²) in [4.78, 5) is 0. The Labute approximate surface area is 111 Å². The van der Waals surface area contributed by atoms with Crippen LogP contribution in [0.25, 0.3) is 0 Å². The molecule has 0 atom stereocenters. The van der Waals surface area contributed by atoms with Gasteiger partial charge in [0.2, 0.25) is 0 Å². The maximum absolute atomic E-state index is 5.58. The SMILES string of the molecule is NCCCc1cc(CCCN)cc(CCCN)c1. The molecule has 0 heterocycles. The molecular formula is C15H27N3. The van der Waals surface area contributed by atoms with Crippen molar-refractivity contribution in [1.29, 1.82) is 0 Å². The molecule has 1 aromatic rings. The van der Waals surface area contributed by atoms with Gasteiger partial charge in [0.1, 0.15) is 0 Å². The Hall–Kier alpha value is -0.900. The first-order valence-electron chi connectivity index (χ1n) is 7.02. The van der Waals surface area contributed by atoms with Gasteiger partial charge in [-0.3, -0.25) is 0 Å². The van der Waals surface area contributed by atoms with Gasteiger partial charge < -0.3 is 17.2 Å². The third-order valence-corrected chi connectivity index (χ3v) is 3.12. The Balaban J connectivity index is 2.74. The second-order valence-corrected chi connectivity index (χ2v) is 4.83. The maximum atomic E-state index is 5.58. The van der Waals surface area contributed by atoms with Crippen molar-refractivity contribution in [2.75, 3.05) is 19.6 Å². The number of hydrogen-bond acceptors (Lipinski definition) is 3. The highest BCUT2D eigenvalue weighted by Gasteiger charge is 2.02. The van der Waals surface area contributed by atoms with E-state index >= 15 is 0 Å². The average Bonchev–Trinajstić information content (AvgIpc) is 2.40. The van der Waals surface area contributed by atoms with Crippen LogP contribution in [-0.2, 0) is 19.3 Å². The zero-order chi connectivity index (χ0) is 13.2. The lowest BCUT2D eigenvalue weighted by molar-refractivity contribution is 0.799. The fraction of sp³-hybridized carbons (Fsp3) is 0.600. The van der Waals surface area contributed by atoms with Gasteiger partial charge in [-0.15, -0.1) is 0 Å². The van der Waals surface area contributed by atoms with Gasteiger partial charge >= 0.3 is 0 Å². The van der Waals surface area contributed by atoms with Gasteiger partial charge in [-0.1, -0.05) is 18.2 Å². The molecule has 18 heavy (non-hydrogen) atoms. The molecule has 0 saturated heterocycles. The highest BCUT2D eigenvalue weighted by Crippen LogP contribution is 2.15. The summed E-state index contributed by atoms with van der Waals surface area (Å²) in [6.45, 7) is 2.27. The van der Waals surface area contributed by atoms with Gasteiger partial charge in [0, 0.05) is 0 Å².